The van der Waals surface area contributed by atoms with E-state index < -0.39 is 5.60 Å². The lowest BCUT2D eigenvalue weighted by Crippen LogP contribution is -2.29. The summed E-state index contributed by atoms with van der Waals surface area (Å²) < 4.78 is 5.13. The van der Waals surface area contributed by atoms with Gasteiger partial charge in [-0.05, 0) is 26.2 Å². The second-order valence-electron chi connectivity index (χ2n) is 5.09. The molecule has 0 saturated carbocycles. The zero-order valence-electron chi connectivity index (χ0n) is 9.18. The van der Waals surface area contributed by atoms with E-state index in [1.165, 1.54) is 0 Å². The molecule has 3 nitrogen and oxygen atoms in total. The fourth-order valence-corrected chi connectivity index (χ4v) is 0.824. The standard InChI is InChI=1S/C10H20O3/c1-9(2,3)13-8(12)6-10(4,5)7-11/h11H,6-7H2,1-5H3. The quantitative estimate of drug-likeness (QED) is 0.686. The Balaban J connectivity index is 4.03. The van der Waals surface area contributed by atoms with E-state index in [0.717, 1.165) is 0 Å². The predicted octanol–water partition coefficient (Wildman–Crippen LogP) is 1.74. The molecule has 0 aliphatic rings. The predicted molar refractivity (Wildman–Crippen MR) is 51.3 cm³/mol. The number of aliphatic hydroxyl groups excluding tert-OH is 1. The van der Waals surface area contributed by atoms with Gasteiger partial charge in [0.05, 0.1) is 6.42 Å². The maximum atomic E-state index is 11.3. The number of aliphatic hydroxyl groups is 1. The van der Waals surface area contributed by atoms with E-state index in [0.29, 0.717) is 0 Å². The summed E-state index contributed by atoms with van der Waals surface area (Å²) >= 11 is 0. The Morgan fingerprint density at radius 1 is 1.23 bits per heavy atom. The van der Waals surface area contributed by atoms with Crippen molar-refractivity contribution in [3.63, 3.8) is 0 Å². The van der Waals surface area contributed by atoms with Crippen LogP contribution in [0.1, 0.15) is 41.0 Å². The Labute approximate surface area is 80.1 Å². The van der Waals surface area contributed by atoms with Crippen LogP contribution in [0.3, 0.4) is 0 Å². The van der Waals surface area contributed by atoms with Crippen molar-refractivity contribution in [2.24, 2.45) is 5.41 Å². The van der Waals surface area contributed by atoms with Gasteiger partial charge in [-0.15, -0.1) is 0 Å². The largest absolute Gasteiger partial charge is 0.460 e. The Bertz CT molecular complexity index is 177. The number of carbonyl (C=O) groups excluding carboxylic acids is 1. The molecule has 0 aliphatic heterocycles. The van der Waals surface area contributed by atoms with Crippen LogP contribution < -0.4 is 0 Å². The van der Waals surface area contributed by atoms with Crippen molar-refractivity contribution in [1.82, 2.24) is 0 Å². The van der Waals surface area contributed by atoms with Gasteiger partial charge in [0.15, 0.2) is 0 Å². The van der Waals surface area contributed by atoms with Crippen molar-refractivity contribution in [1.29, 1.82) is 0 Å². The summed E-state index contributed by atoms with van der Waals surface area (Å²) in [6.45, 7) is 9.14. The molecular formula is C10H20O3. The summed E-state index contributed by atoms with van der Waals surface area (Å²) in [5, 5.41) is 8.93. The first-order valence-corrected chi connectivity index (χ1v) is 4.49. The molecule has 0 amide bonds. The molecule has 0 spiro atoms. The molecule has 0 aromatic heterocycles. The molecule has 0 unspecified atom stereocenters. The molecule has 0 rings (SSSR count). The SMILES string of the molecule is CC(C)(CO)CC(=O)OC(C)(C)C. The summed E-state index contributed by atoms with van der Waals surface area (Å²) in [6, 6.07) is 0. The fraction of sp³-hybridized carbons (Fsp3) is 0.900. The Hall–Kier alpha value is -0.570. The van der Waals surface area contributed by atoms with E-state index in [4.69, 9.17) is 9.84 Å². The van der Waals surface area contributed by atoms with Crippen LogP contribution >= 0.6 is 0 Å². The van der Waals surface area contributed by atoms with E-state index in [9.17, 15) is 4.79 Å². The Kier molecular flexibility index (Phi) is 3.91. The molecule has 0 atom stereocenters. The third kappa shape index (κ3) is 6.58. The van der Waals surface area contributed by atoms with Gasteiger partial charge in [-0.1, -0.05) is 13.8 Å². The number of carbonyl (C=O) groups is 1. The third-order valence-corrected chi connectivity index (χ3v) is 1.47. The van der Waals surface area contributed by atoms with Gasteiger partial charge in [0.1, 0.15) is 5.60 Å². The number of ether oxygens (including phenoxy) is 1. The molecule has 0 aromatic rings. The van der Waals surface area contributed by atoms with Gasteiger partial charge in [-0.2, -0.15) is 0 Å². The molecule has 78 valence electrons. The van der Waals surface area contributed by atoms with E-state index >= 15 is 0 Å². The van der Waals surface area contributed by atoms with Crippen molar-refractivity contribution in [3.05, 3.63) is 0 Å². The lowest BCUT2D eigenvalue weighted by molar-refractivity contribution is -0.157. The molecule has 0 aromatic carbocycles. The van der Waals surface area contributed by atoms with Crippen molar-refractivity contribution in [2.45, 2.75) is 46.6 Å². The highest BCUT2D eigenvalue weighted by atomic mass is 16.6. The van der Waals surface area contributed by atoms with Crippen molar-refractivity contribution < 1.29 is 14.6 Å². The molecule has 0 radical (unpaired) electrons. The highest BCUT2D eigenvalue weighted by Gasteiger charge is 2.24. The van der Waals surface area contributed by atoms with Crippen LogP contribution in [0.15, 0.2) is 0 Å². The van der Waals surface area contributed by atoms with Crippen molar-refractivity contribution in [3.8, 4) is 0 Å². The molecule has 0 fully saturated rings. The monoisotopic (exact) mass is 188 g/mol. The van der Waals surface area contributed by atoms with Crippen LogP contribution in [0.2, 0.25) is 0 Å². The maximum Gasteiger partial charge on any atom is 0.306 e. The lowest BCUT2D eigenvalue weighted by Gasteiger charge is -2.24. The minimum atomic E-state index is -0.442. The zero-order valence-corrected chi connectivity index (χ0v) is 9.18. The van der Waals surface area contributed by atoms with Crippen LogP contribution in [0.5, 0.6) is 0 Å². The third-order valence-electron chi connectivity index (χ3n) is 1.47. The molecule has 0 bridgehead atoms. The number of rotatable bonds is 3. The van der Waals surface area contributed by atoms with E-state index in [-0.39, 0.29) is 24.4 Å². The summed E-state index contributed by atoms with van der Waals surface area (Å²) in [5.74, 6) is -0.258. The van der Waals surface area contributed by atoms with Gasteiger partial charge in [0.2, 0.25) is 0 Å². The normalized spacial score (nSPS) is 12.8. The number of hydrogen-bond acceptors (Lipinski definition) is 3. The van der Waals surface area contributed by atoms with E-state index in [1.54, 1.807) is 0 Å². The van der Waals surface area contributed by atoms with Crippen LogP contribution in [0.4, 0.5) is 0 Å². The maximum absolute atomic E-state index is 11.3. The van der Waals surface area contributed by atoms with Gasteiger partial charge in [-0.25, -0.2) is 0 Å². The smallest absolute Gasteiger partial charge is 0.306 e. The minimum Gasteiger partial charge on any atom is -0.460 e. The highest BCUT2D eigenvalue weighted by molar-refractivity contribution is 5.70. The molecule has 0 aliphatic carbocycles. The highest BCUT2D eigenvalue weighted by Crippen LogP contribution is 2.21. The van der Waals surface area contributed by atoms with Gasteiger partial charge in [-0.3, -0.25) is 4.79 Å². The average molecular weight is 188 g/mol. The molecule has 0 heterocycles. The fourth-order valence-electron chi connectivity index (χ4n) is 0.824. The zero-order chi connectivity index (χ0) is 10.7. The summed E-state index contributed by atoms with van der Waals surface area (Å²) in [6.07, 6.45) is 0.251. The molecule has 3 heteroatoms. The van der Waals surface area contributed by atoms with Crippen LogP contribution in [0, 0.1) is 5.41 Å². The number of hydrogen-bond donors (Lipinski definition) is 1. The Morgan fingerprint density at radius 2 is 1.69 bits per heavy atom. The first-order valence-electron chi connectivity index (χ1n) is 4.49. The first-order chi connectivity index (χ1) is 5.66. The molecular weight excluding hydrogens is 168 g/mol. The molecule has 13 heavy (non-hydrogen) atoms. The second-order valence-corrected chi connectivity index (χ2v) is 5.09. The van der Waals surface area contributed by atoms with Crippen LogP contribution in [-0.4, -0.2) is 23.3 Å². The van der Waals surface area contributed by atoms with Crippen molar-refractivity contribution in [2.75, 3.05) is 6.61 Å². The summed E-state index contributed by atoms with van der Waals surface area (Å²) in [7, 11) is 0. The van der Waals surface area contributed by atoms with E-state index in [2.05, 4.69) is 0 Å². The Morgan fingerprint density at radius 3 is 2.00 bits per heavy atom. The molecule has 1 N–H and O–H groups in total. The van der Waals surface area contributed by atoms with E-state index in [1.807, 2.05) is 34.6 Å². The van der Waals surface area contributed by atoms with Crippen molar-refractivity contribution >= 4 is 5.97 Å². The minimum absolute atomic E-state index is 0.00770. The summed E-state index contributed by atoms with van der Waals surface area (Å²) in [5.41, 5.74) is -0.828. The van der Waals surface area contributed by atoms with Gasteiger partial charge < -0.3 is 9.84 Å². The lowest BCUT2D eigenvalue weighted by atomic mass is 9.91. The van der Waals surface area contributed by atoms with Crippen LogP contribution in [0.25, 0.3) is 0 Å². The van der Waals surface area contributed by atoms with Gasteiger partial charge in [0, 0.05) is 6.61 Å². The van der Waals surface area contributed by atoms with Crippen LogP contribution in [-0.2, 0) is 9.53 Å². The molecule has 0 saturated heterocycles. The average Bonchev–Trinajstić information content (AvgIpc) is 1.81. The first kappa shape index (κ1) is 12.4. The number of esters is 1. The summed E-state index contributed by atoms with van der Waals surface area (Å²) in [4.78, 5) is 11.3. The second kappa shape index (κ2) is 4.09. The van der Waals surface area contributed by atoms with Gasteiger partial charge >= 0.3 is 5.97 Å². The van der Waals surface area contributed by atoms with Gasteiger partial charge in [0.25, 0.3) is 0 Å². The topological polar surface area (TPSA) is 46.5 Å².